The van der Waals surface area contributed by atoms with Crippen molar-refractivity contribution < 1.29 is 23.1 Å². The van der Waals surface area contributed by atoms with E-state index in [-0.39, 0.29) is 38.0 Å². The first-order valence-corrected chi connectivity index (χ1v) is 17.0. The maximum Gasteiger partial charge on any atom is 0.356 e. The van der Waals surface area contributed by atoms with Crippen molar-refractivity contribution in [2.75, 3.05) is 38.5 Å². The van der Waals surface area contributed by atoms with Crippen molar-refractivity contribution in [2.24, 2.45) is 0 Å². The van der Waals surface area contributed by atoms with Crippen LogP contribution in [0.1, 0.15) is 117 Å². The largest absolute Gasteiger partial charge is 0.383 e. The summed E-state index contributed by atoms with van der Waals surface area (Å²) in [6.45, 7) is 7.91. The SMILES string of the molecule is CCCCCCCCCCCCCCCCOCCCOP(=O)(COC(C)Cn1ccc(N)nc1=O)OCC. The first-order valence-electron chi connectivity index (χ1n) is 15.3. The molecule has 0 fully saturated rings. The number of nitrogens with two attached hydrogens (primary N) is 1. The molecule has 0 aliphatic carbocycles. The van der Waals surface area contributed by atoms with E-state index in [0.717, 1.165) is 13.0 Å². The Morgan fingerprint density at radius 1 is 0.846 bits per heavy atom. The molecule has 10 heteroatoms. The fourth-order valence-electron chi connectivity index (χ4n) is 4.30. The predicted molar refractivity (Wildman–Crippen MR) is 159 cm³/mol. The van der Waals surface area contributed by atoms with Gasteiger partial charge in [0.2, 0.25) is 0 Å². The van der Waals surface area contributed by atoms with Gasteiger partial charge in [-0.05, 0) is 32.8 Å². The number of aromatic nitrogens is 2. The summed E-state index contributed by atoms with van der Waals surface area (Å²) in [7, 11) is -3.39. The molecule has 1 aromatic heterocycles. The predicted octanol–water partition coefficient (Wildman–Crippen LogP) is 7.32. The molecule has 2 N–H and O–H groups in total. The molecule has 0 bridgehead atoms. The molecule has 39 heavy (non-hydrogen) atoms. The molecule has 1 rings (SSSR count). The van der Waals surface area contributed by atoms with Gasteiger partial charge in [0.15, 0.2) is 0 Å². The van der Waals surface area contributed by atoms with Gasteiger partial charge >= 0.3 is 13.3 Å². The minimum atomic E-state index is -3.39. The van der Waals surface area contributed by atoms with Gasteiger partial charge < -0.3 is 24.3 Å². The topological polar surface area (TPSA) is 115 Å². The highest BCUT2D eigenvalue weighted by atomic mass is 31.2. The van der Waals surface area contributed by atoms with E-state index in [1.165, 1.54) is 88.0 Å². The zero-order valence-electron chi connectivity index (χ0n) is 24.9. The summed E-state index contributed by atoms with van der Waals surface area (Å²) in [5.41, 5.74) is 5.06. The van der Waals surface area contributed by atoms with E-state index in [2.05, 4.69) is 11.9 Å². The Bertz CT molecular complexity index is 822. The Morgan fingerprint density at radius 2 is 1.41 bits per heavy atom. The van der Waals surface area contributed by atoms with Crippen LogP contribution in [0.25, 0.3) is 0 Å². The van der Waals surface area contributed by atoms with E-state index < -0.39 is 13.3 Å². The summed E-state index contributed by atoms with van der Waals surface area (Å²) in [5.74, 6) is 0.169. The van der Waals surface area contributed by atoms with E-state index in [0.29, 0.717) is 13.0 Å². The average molecular weight is 574 g/mol. The zero-order chi connectivity index (χ0) is 28.6. The highest BCUT2D eigenvalue weighted by molar-refractivity contribution is 7.53. The van der Waals surface area contributed by atoms with Gasteiger partial charge in [-0.3, -0.25) is 9.13 Å². The monoisotopic (exact) mass is 573 g/mol. The van der Waals surface area contributed by atoms with Gasteiger partial charge in [-0.15, -0.1) is 0 Å². The van der Waals surface area contributed by atoms with Crippen molar-refractivity contribution in [3.63, 3.8) is 0 Å². The third kappa shape index (κ3) is 19.5. The van der Waals surface area contributed by atoms with Crippen LogP contribution in [0.2, 0.25) is 0 Å². The number of hydrogen-bond acceptors (Lipinski definition) is 8. The average Bonchev–Trinajstić information content (AvgIpc) is 2.91. The molecule has 0 amide bonds. The normalized spacial score (nSPS) is 13.9. The van der Waals surface area contributed by atoms with Gasteiger partial charge in [-0.25, -0.2) is 4.79 Å². The Balaban J connectivity index is 2.01. The number of nitrogens with zero attached hydrogens (tertiary/aromatic N) is 2. The second-order valence-corrected chi connectivity index (χ2v) is 12.3. The zero-order valence-corrected chi connectivity index (χ0v) is 25.8. The lowest BCUT2D eigenvalue weighted by atomic mass is 10.0. The fraction of sp³-hybridized carbons (Fsp3) is 0.862. The van der Waals surface area contributed by atoms with Crippen molar-refractivity contribution in [3.05, 3.63) is 22.7 Å². The van der Waals surface area contributed by atoms with Crippen molar-refractivity contribution in [3.8, 4) is 0 Å². The summed E-state index contributed by atoms with van der Waals surface area (Å²) in [6, 6.07) is 1.55. The lowest BCUT2D eigenvalue weighted by Gasteiger charge is -2.21. The Labute approximate surface area is 237 Å². The summed E-state index contributed by atoms with van der Waals surface area (Å²) in [4.78, 5) is 15.6. The first-order chi connectivity index (χ1) is 18.9. The van der Waals surface area contributed by atoms with Crippen LogP contribution in [0.4, 0.5) is 5.82 Å². The van der Waals surface area contributed by atoms with E-state index in [4.69, 9.17) is 24.3 Å². The van der Waals surface area contributed by atoms with Crippen LogP contribution in [0.5, 0.6) is 0 Å². The van der Waals surface area contributed by atoms with Gasteiger partial charge in [-0.1, -0.05) is 90.4 Å². The van der Waals surface area contributed by atoms with Crippen molar-refractivity contribution in [1.82, 2.24) is 9.55 Å². The van der Waals surface area contributed by atoms with Crippen LogP contribution < -0.4 is 11.4 Å². The minimum absolute atomic E-state index is 0.169. The quantitative estimate of drug-likeness (QED) is 0.0860. The van der Waals surface area contributed by atoms with Crippen molar-refractivity contribution >= 4 is 13.4 Å². The molecular weight excluding hydrogens is 517 g/mol. The first kappa shape index (κ1) is 35.8. The molecule has 2 atom stereocenters. The maximum atomic E-state index is 13.0. The smallest absolute Gasteiger partial charge is 0.356 e. The Hall–Kier alpha value is -1.25. The minimum Gasteiger partial charge on any atom is -0.383 e. The van der Waals surface area contributed by atoms with Crippen LogP contribution in [-0.2, 0) is 29.6 Å². The van der Waals surface area contributed by atoms with Crippen LogP contribution in [-0.4, -0.2) is 48.4 Å². The van der Waals surface area contributed by atoms with E-state index in [1.54, 1.807) is 26.1 Å². The number of rotatable bonds is 27. The summed E-state index contributed by atoms with van der Waals surface area (Å²) < 4.78 is 36.7. The molecule has 0 aliphatic heterocycles. The van der Waals surface area contributed by atoms with Crippen LogP contribution in [0.15, 0.2) is 17.1 Å². The third-order valence-corrected chi connectivity index (χ3v) is 8.25. The molecule has 0 spiro atoms. The highest BCUT2D eigenvalue weighted by Crippen LogP contribution is 2.48. The standard InChI is InChI=1S/C29H56N3O6P/c1-4-6-7-8-9-10-11-12-13-14-15-16-17-18-22-35-23-19-24-38-39(34,37-5-2)26-36-27(3)25-32-21-20-28(30)31-29(32)33/h20-21,27H,4-19,22-26H2,1-3H3,(H2,30,31,33). The molecular formula is C29H56N3O6P. The third-order valence-electron chi connectivity index (χ3n) is 6.56. The van der Waals surface area contributed by atoms with Crippen LogP contribution in [0.3, 0.4) is 0 Å². The van der Waals surface area contributed by atoms with E-state index in [9.17, 15) is 9.36 Å². The number of ether oxygens (including phenoxy) is 2. The number of hydrogen-bond donors (Lipinski definition) is 1. The van der Waals surface area contributed by atoms with Gasteiger partial charge in [-0.2, -0.15) is 4.98 Å². The molecule has 1 heterocycles. The number of anilines is 1. The van der Waals surface area contributed by atoms with Gasteiger partial charge in [0.05, 0.1) is 25.9 Å². The number of nitrogen functional groups attached to an aromatic ring is 1. The second kappa shape index (κ2) is 23.5. The molecule has 2 unspecified atom stereocenters. The van der Waals surface area contributed by atoms with Crippen molar-refractivity contribution in [2.45, 2.75) is 130 Å². The van der Waals surface area contributed by atoms with Crippen LogP contribution in [0, 0.1) is 0 Å². The van der Waals surface area contributed by atoms with E-state index >= 15 is 0 Å². The lowest BCUT2D eigenvalue weighted by Crippen LogP contribution is -2.28. The van der Waals surface area contributed by atoms with Crippen molar-refractivity contribution in [1.29, 1.82) is 0 Å². The van der Waals surface area contributed by atoms with Gasteiger partial charge in [0.25, 0.3) is 0 Å². The molecule has 0 saturated carbocycles. The van der Waals surface area contributed by atoms with E-state index in [1.807, 2.05) is 0 Å². The molecule has 1 aromatic rings. The Morgan fingerprint density at radius 3 is 1.97 bits per heavy atom. The second-order valence-electron chi connectivity index (χ2n) is 10.3. The molecule has 0 radical (unpaired) electrons. The van der Waals surface area contributed by atoms with Gasteiger partial charge in [0.1, 0.15) is 12.2 Å². The fourth-order valence-corrected chi connectivity index (χ4v) is 5.76. The molecule has 228 valence electrons. The number of unbranched alkanes of at least 4 members (excludes halogenated alkanes) is 13. The molecule has 0 aliphatic rings. The highest BCUT2D eigenvalue weighted by Gasteiger charge is 2.25. The lowest BCUT2D eigenvalue weighted by molar-refractivity contribution is 0.0620. The maximum absolute atomic E-state index is 13.0. The summed E-state index contributed by atoms with van der Waals surface area (Å²) in [6.07, 6.45) is 20.4. The van der Waals surface area contributed by atoms with Gasteiger partial charge in [0, 0.05) is 19.4 Å². The molecule has 0 saturated heterocycles. The molecule has 0 aromatic carbocycles. The Kier molecular flexibility index (Phi) is 21.5. The molecule has 9 nitrogen and oxygen atoms in total. The summed E-state index contributed by atoms with van der Waals surface area (Å²) >= 11 is 0. The summed E-state index contributed by atoms with van der Waals surface area (Å²) in [5, 5.41) is 0. The van der Waals surface area contributed by atoms with Crippen LogP contribution >= 0.6 is 7.60 Å².